The minimum absolute atomic E-state index is 0.133. The zero-order chi connectivity index (χ0) is 8.91. The third kappa shape index (κ3) is 7.67. The minimum Gasteiger partial charge on any atom is -0.469 e. The number of carbonyl (C=O) groups excluding carboxylic acids is 1. The Morgan fingerprint density at radius 2 is 2.09 bits per heavy atom. The van der Waals surface area contributed by atoms with Gasteiger partial charge in [-0.1, -0.05) is 0 Å². The first-order valence-electron chi connectivity index (χ1n) is 2.87. The van der Waals surface area contributed by atoms with Crippen LogP contribution in [-0.2, 0) is 18.4 Å². The molecule has 0 N–H and O–H groups in total. The molecule has 0 atom stereocenters. The van der Waals surface area contributed by atoms with E-state index in [1.165, 1.54) is 7.11 Å². The van der Waals surface area contributed by atoms with E-state index >= 15 is 0 Å². The summed E-state index contributed by atoms with van der Waals surface area (Å²) in [5.74, 6) is -0.132. The summed E-state index contributed by atoms with van der Waals surface area (Å²) in [6, 6.07) is 0. The van der Waals surface area contributed by atoms with Gasteiger partial charge in [0.15, 0.2) is 8.87 Å². The molecule has 0 rings (SSSR count). The van der Waals surface area contributed by atoms with Crippen LogP contribution >= 0.6 is 10.8 Å². The lowest BCUT2D eigenvalue weighted by Crippen LogP contribution is -2.02. The lowest BCUT2D eigenvalue weighted by atomic mass is 10.5. The molecular formula is C5H10O4S2. The summed E-state index contributed by atoms with van der Waals surface area (Å²) in [6.45, 7) is 0. The smallest absolute Gasteiger partial charge is 0.306 e. The lowest BCUT2D eigenvalue weighted by molar-refractivity contribution is -0.140. The van der Waals surface area contributed by atoms with E-state index < -0.39 is 8.87 Å². The van der Waals surface area contributed by atoms with Gasteiger partial charge in [0.1, 0.15) is 0 Å². The average Bonchev–Trinajstić information content (AvgIpc) is 1.85. The topological polar surface area (TPSA) is 60.4 Å². The third-order valence-electron chi connectivity index (χ3n) is 0.831. The van der Waals surface area contributed by atoms with Crippen LogP contribution in [0.15, 0.2) is 0 Å². The van der Waals surface area contributed by atoms with E-state index in [9.17, 15) is 13.2 Å². The van der Waals surface area contributed by atoms with Gasteiger partial charge in [-0.05, 0) is 10.8 Å². The summed E-state index contributed by atoms with van der Waals surface area (Å²) in [6.07, 6.45) is 1.24. The van der Waals surface area contributed by atoms with E-state index in [1.807, 2.05) is 0 Å². The Balaban J connectivity index is 3.51. The van der Waals surface area contributed by atoms with Gasteiger partial charge in [-0.15, -0.1) is 0 Å². The highest BCUT2D eigenvalue weighted by Gasteiger charge is 2.05. The predicted molar refractivity (Wildman–Crippen MR) is 43.9 cm³/mol. The van der Waals surface area contributed by atoms with Crippen molar-refractivity contribution in [3.63, 3.8) is 0 Å². The summed E-state index contributed by atoms with van der Waals surface area (Å²) >= 11 is 0. The van der Waals surface area contributed by atoms with Gasteiger partial charge in [0.05, 0.1) is 13.5 Å². The van der Waals surface area contributed by atoms with Gasteiger partial charge < -0.3 is 4.74 Å². The number of hydrogen-bond acceptors (Lipinski definition) is 5. The maximum Gasteiger partial charge on any atom is 0.306 e. The summed E-state index contributed by atoms with van der Waals surface area (Å²) in [4.78, 5) is 10.5. The average molecular weight is 198 g/mol. The maximum absolute atomic E-state index is 10.5. The third-order valence-corrected chi connectivity index (χ3v) is 3.41. The van der Waals surface area contributed by atoms with Crippen molar-refractivity contribution in [2.75, 3.05) is 19.1 Å². The number of carbonyl (C=O) groups is 1. The van der Waals surface area contributed by atoms with Crippen molar-refractivity contribution < 1.29 is 17.9 Å². The van der Waals surface area contributed by atoms with Crippen LogP contribution in [0.25, 0.3) is 0 Å². The molecule has 0 aromatic heterocycles. The van der Waals surface area contributed by atoms with Crippen molar-refractivity contribution in [3.05, 3.63) is 0 Å². The van der Waals surface area contributed by atoms with Crippen molar-refractivity contribution in [2.45, 2.75) is 6.42 Å². The second-order valence-corrected chi connectivity index (χ2v) is 6.43. The molecule has 0 spiro atoms. The molecule has 0 bridgehead atoms. The molecule has 4 nitrogen and oxygen atoms in total. The SMILES string of the molecule is COC(=O)CCSS(C)(=O)=O. The largest absolute Gasteiger partial charge is 0.469 e. The van der Waals surface area contributed by atoms with E-state index in [1.54, 1.807) is 0 Å². The van der Waals surface area contributed by atoms with Crippen LogP contribution in [0.5, 0.6) is 0 Å². The molecule has 0 radical (unpaired) electrons. The summed E-state index contributed by atoms with van der Waals surface area (Å²) in [5.41, 5.74) is 0. The van der Waals surface area contributed by atoms with Crippen LogP contribution < -0.4 is 0 Å². The van der Waals surface area contributed by atoms with Crippen LogP contribution in [0.1, 0.15) is 6.42 Å². The summed E-state index contributed by atoms with van der Waals surface area (Å²) in [7, 11) is -0.999. The Hall–Kier alpha value is -0.230. The van der Waals surface area contributed by atoms with Gasteiger partial charge >= 0.3 is 5.97 Å². The highest BCUT2D eigenvalue weighted by Crippen LogP contribution is 2.10. The standard InChI is InChI=1S/C5H10O4S2/c1-9-5(6)3-4-10-11(2,7)8/h3-4H2,1-2H3. The monoisotopic (exact) mass is 198 g/mol. The van der Waals surface area contributed by atoms with E-state index in [2.05, 4.69) is 4.74 Å². The Morgan fingerprint density at radius 3 is 2.45 bits per heavy atom. The molecule has 6 heteroatoms. The number of ether oxygens (including phenoxy) is 1. The molecule has 66 valence electrons. The zero-order valence-electron chi connectivity index (χ0n) is 6.36. The molecule has 0 heterocycles. The Labute approximate surface area is 69.6 Å². The Morgan fingerprint density at radius 1 is 1.55 bits per heavy atom. The maximum atomic E-state index is 10.5. The molecule has 0 saturated heterocycles. The molecule has 0 aliphatic heterocycles. The van der Waals surface area contributed by atoms with Crippen LogP contribution in [0.2, 0.25) is 0 Å². The van der Waals surface area contributed by atoms with Crippen molar-refractivity contribution in [1.29, 1.82) is 0 Å². The zero-order valence-corrected chi connectivity index (χ0v) is 8.00. The number of esters is 1. The molecule has 0 saturated carbocycles. The van der Waals surface area contributed by atoms with Crippen molar-refractivity contribution >= 4 is 25.6 Å². The van der Waals surface area contributed by atoms with Crippen molar-refractivity contribution in [2.24, 2.45) is 0 Å². The quantitative estimate of drug-likeness (QED) is 0.478. The van der Waals surface area contributed by atoms with Crippen LogP contribution in [-0.4, -0.2) is 33.5 Å². The fourth-order valence-corrected chi connectivity index (χ4v) is 2.09. The normalized spacial score (nSPS) is 11.1. The second-order valence-electron chi connectivity index (χ2n) is 1.85. The van der Waals surface area contributed by atoms with Crippen LogP contribution in [0.3, 0.4) is 0 Å². The van der Waals surface area contributed by atoms with Crippen LogP contribution in [0.4, 0.5) is 0 Å². The van der Waals surface area contributed by atoms with Gasteiger partial charge in [-0.3, -0.25) is 4.79 Å². The summed E-state index contributed by atoms with van der Waals surface area (Å²) in [5, 5.41) is 0. The van der Waals surface area contributed by atoms with Gasteiger partial charge in [0.25, 0.3) is 0 Å². The molecule has 0 aromatic rings. The first kappa shape index (κ1) is 10.8. The molecule has 0 aliphatic rings. The fraction of sp³-hybridized carbons (Fsp3) is 0.800. The van der Waals surface area contributed by atoms with Gasteiger partial charge in [-0.2, -0.15) is 0 Å². The van der Waals surface area contributed by atoms with E-state index in [0.717, 1.165) is 17.0 Å². The molecule has 0 unspecified atom stereocenters. The first-order chi connectivity index (χ1) is 4.95. The van der Waals surface area contributed by atoms with Gasteiger partial charge in [0.2, 0.25) is 0 Å². The molecule has 11 heavy (non-hydrogen) atoms. The van der Waals surface area contributed by atoms with E-state index in [0.29, 0.717) is 0 Å². The number of rotatable bonds is 4. The predicted octanol–water partition coefficient (Wildman–Crippen LogP) is 0.242. The highest BCUT2D eigenvalue weighted by atomic mass is 33.1. The first-order valence-corrected chi connectivity index (χ1v) is 6.26. The van der Waals surface area contributed by atoms with E-state index in [4.69, 9.17) is 0 Å². The van der Waals surface area contributed by atoms with E-state index in [-0.39, 0.29) is 18.1 Å². The number of hydrogen-bond donors (Lipinski definition) is 0. The summed E-state index contributed by atoms with van der Waals surface area (Å²) < 4.78 is 25.3. The molecule has 0 amide bonds. The molecule has 0 aliphatic carbocycles. The Kier molecular flexibility index (Phi) is 4.51. The highest BCUT2D eigenvalue weighted by molar-refractivity contribution is 8.71. The Bertz CT molecular complexity index is 219. The van der Waals surface area contributed by atoms with Crippen molar-refractivity contribution in [3.8, 4) is 0 Å². The van der Waals surface area contributed by atoms with Crippen molar-refractivity contribution in [1.82, 2.24) is 0 Å². The molecular weight excluding hydrogens is 188 g/mol. The van der Waals surface area contributed by atoms with Gasteiger partial charge in [-0.25, -0.2) is 8.42 Å². The second kappa shape index (κ2) is 4.61. The molecule has 0 fully saturated rings. The van der Waals surface area contributed by atoms with Gasteiger partial charge in [0, 0.05) is 12.0 Å². The van der Waals surface area contributed by atoms with Crippen LogP contribution in [0, 0.1) is 0 Å². The minimum atomic E-state index is -3.02. The number of methoxy groups -OCH3 is 1. The fourth-order valence-electron chi connectivity index (χ4n) is 0.378. The molecule has 0 aromatic carbocycles. The lowest BCUT2D eigenvalue weighted by Gasteiger charge is -1.96.